The van der Waals surface area contributed by atoms with Crippen LogP contribution in [-0.2, 0) is 29.0 Å². The second-order valence-corrected chi connectivity index (χ2v) is 10.3. The highest BCUT2D eigenvalue weighted by atomic mass is 16.5. The molecule has 0 saturated carbocycles. The standard InChI is InChI=1S/C37H41NO7/c1-4-42-33-18-12-29(13-19-33)27-45-35-9-7-6-8-30(35)22-23-38(26-28-10-14-31(15-11-28)36(39)41-3)24-25-44-34-20-16-32(17-21-34)37(40)43-5-2/h6-21H,4-5,22-27H2,1-3H3. The topological polar surface area (TPSA) is 83.5 Å². The summed E-state index contributed by atoms with van der Waals surface area (Å²) in [4.78, 5) is 26.2. The number of carbonyl (C=O) groups is 2. The van der Waals surface area contributed by atoms with Gasteiger partial charge >= 0.3 is 11.9 Å². The van der Waals surface area contributed by atoms with Crippen molar-refractivity contribution < 1.29 is 33.3 Å². The van der Waals surface area contributed by atoms with E-state index in [-0.39, 0.29) is 11.9 Å². The molecule has 4 rings (SSSR count). The Kier molecular flexibility index (Phi) is 12.8. The number of rotatable bonds is 17. The fraction of sp³-hybridized carbons (Fsp3) is 0.297. The molecule has 0 aliphatic heterocycles. The maximum Gasteiger partial charge on any atom is 0.338 e. The smallest absolute Gasteiger partial charge is 0.338 e. The van der Waals surface area contributed by atoms with E-state index in [4.69, 9.17) is 23.7 Å². The van der Waals surface area contributed by atoms with Crippen molar-refractivity contribution in [1.29, 1.82) is 0 Å². The lowest BCUT2D eigenvalue weighted by molar-refractivity contribution is 0.0525. The van der Waals surface area contributed by atoms with Gasteiger partial charge in [0.2, 0.25) is 0 Å². The van der Waals surface area contributed by atoms with Gasteiger partial charge in [-0.15, -0.1) is 0 Å². The Balaban J connectivity index is 1.39. The van der Waals surface area contributed by atoms with E-state index in [1.165, 1.54) is 7.11 Å². The average Bonchev–Trinajstić information content (AvgIpc) is 3.07. The first kappa shape index (κ1) is 33.1. The van der Waals surface area contributed by atoms with Crippen LogP contribution in [0.5, 0.6) is 17.2 Å². The van der Waals surface area contributed by atoms with E-state index in [1.54, 1.807) is 43.3 Å². The van der Waals surface area contributed by atoms with Gasteiger partial charge in [0.15, 0.2) is 0 Å². The Morgan fingerprint density at radius 3 is 1.96 bits per heavy atom. The maximum absolute atomic E-state index is 12.0. The molecular weight excluding hydrogens is 570 g/mol. The normalized spacial score (nSPS) is 10.8. The third-order valence-electron chi connectivity index (χ3n) is 7.12. The van der Waals surface area contributed by atoms with Crippen LogP contribution in [0.25, 0.3) is 0 Å². The SMILES string of the molecule is CCOC(=O)c1ccc(OCCN(CCc2ccccc2OCc2ccc(OCC)cc2)Cc2ccc(C(=O)OC)cc2)cc1. The Hall–Kier alpha value is -4.82. The van der Waals surface area contributed by atoms with Crippen LogP contribution in [0.15, 0.2) is 97.1 Å². The number of methoxy groups -OCH3 is 1. The number of nitrogens with zero attached hydrogens (tertiary/aromatic N) is 1. The molecule has 0 aromatic heterocycles. The summed E-state index contributed by atoms with van der Waals surface area (Å²) in [6, 6.07) is 30.5. The zero-order valence-electron chi connectivity index (χ0n) is 26.2. The van der Waals surface area contributed by atoms with Crippen molar-refractivity contribution in [2.45, 2.75) is 33.4 Å². The minimum Gasteiger partial charge on any atom is -0.494 e. The predicted molar refractivity (Wildman–Crippen MR) is 173 cm³/mol. The predicted octanol–water partition coefficient (Wildman–Crippen LogP) is 6.75. The molecule has 0 spiro atoms. The van der Waals surface area contributed by atoms with Crippen LogP contribution in [0, 0.1) is 0 Å². The molecule has 4 aromatic carbocycles. The monoisotopic (exact) mass is 611 g/mol. The van der Waals surface area contributed by atoms with E-state index in [0.717, 1.165) is 41.2 Å². The molecule has 236 valence electrons. The van der Waals surface area contributed by atoms with Crippen LogP contribution in [-0.4, -0.2) is 56.9 Å². The van der Waals surface area contributed by atoms with Crippen molar-refractivity contribution in [3.8, 4) is 17.2 Å². The number of hydrogen-bond acceptors (Lipinski definition) is 8. The fourth-order valence-corrected chi connectivity index (χ4v) is 4.73. The lowest BCUT2D eigenvalue weighted by atomic mass is 10.1. The van der Waals surface area contributed by atoms with Gasteiger partial charge in [-0.1, -0.05) is 42.5 Å². The molecule has 0 N–H and O–H groups in total. The van der Waals surface area contributed by atoms with Gasteiger partial charge < -0.3 is 23.7 Å². The summed E-state index contributed by atoms with van der Waals surface area (Å²) < 4.78 is 27.7. The van der Waals surface area contributed by atoms with Gasteiger partial charge in [-0.3, -0.25) is 4.90 Å². The molecule has 0 fully saturated rings. The summed E-state index contributed by atoms with van der Waals surface area (Å²) in [6.45, 7) is 7.72. The summed E-state index contributed by atoms with van der Waals surface area (Å²) in [5, 5.41) is 0. The van der Waals surface area contributed by atoms with Gasteiger partial charge in [0.05, 0.1) is 31.5 Å². The molecule has 0 radical (unpaired) electrons. The van der Waals surface area contributed by atoms with E-state index >= 15 is 0 Å². The van der Waals surface area contributed by atoms with Crippen molar-refractivity contribution in [3.05, 3.63) is 125 Å². The highest BCUT2D eigenvalue weighted by Gasteiger charge is 2.12. The van der Waals surface area contributed by atoms with Crippen LogP contribution in [0.3, 0.4) is 0 Å². The van der Waals surface area contributed by atoms with Crippen molar-refractivity contribution in [2.75, 3.05) is 40.0 Å². The minimum absolute atomic E-state index is 0.331. The van der Waals surface area contributed by atoms with Crippen LogP contribution < -0.4 is 14.2 Å². The van der Waals surface area contributed by atoms with Gasteiger partial charge in [0, 0.05) is 19.6 Å². The largest absolute Gasteiger partial charge is 0.494 e. The number of esters is 2. The maximum atomic E-state index is 12.0. The quantitative estimate of drug-likeness (QED) is 0.121. The van der Waals surface area contributed by atoms with Crippen molar-refractivity contribution >= 4 is 11.9 Å². The third kappa shape index (κ3) is 10.4. The molecule has 8 heteroatoms. The van der Waals surface area contributed by atoms with Crippen LogP contribution in [0.1, 0.15) is 51.3 Å². The molecule has 0 bridgehead atoms. The second-order valence-electron chi connectivity index (χ2n) is 10.3. The van der Waals surface area contributed by atoms with Gasteiger partial charge in [0.1, 0.15) is 30.5 Å². The summed E-state index contributed by atoms with van der Waals surface area (Å²) in [5.74, 6) is 1.67. The fourth-order valence-electron chi connectivity index (χ4n) is 4.73. The van der Waals surface area contributed by atoms with Gasteiger partial charge in [-0.05, 0) is 91.6 Å². The van der Waals surface area contributed by atoms with Crippen LogP contribution in [0.2, 0.25) is 0 Å². The number of ether oxygens (including phenoxy) is 5. The highest BCUT2D eigenvalue weighted by Crippen LogP contribution is 2.22. The number of hydrogen-bond donors (Lipinski definition) is 0. The lowest BCUT2D eigenvalue weighted by Gasteiger charge is -2.23. The molecule has 0 atom stereocenters. The zero-order valence-corrected chi connectivity index (χ0v) is 26.2. The average molecular weight is 612 g/mol. The van der Waals surface area contributed by atoms with Gasteiger partial charge in [-0.25, -0.2) is 9.59 Å². The lowest BCUT2D eigenvalue weighted by Crippen LogP contribution is -2.30. The van der Waals surface area contributed by atoms with E-state index in [9.17, 15) is 9.59 Å². The van der Waals surface area contributed by atoms with E-state index in [1.807, 2.05) is 61.5 Å². The van der Waals surface area contributed by atoms with E-state index in [0.29, 0.717) is 56.4 Å². The Labute approximate surface area is 265 Å². The summed E-state index contributed by atoms with van der Waals surface area (Å²) in [5.41, 5.74) is 4.26. The van der Waals surface area contributed by atoms with Gasteiger partial charge in [-0.2, -0.15) is 0 Å². The Morgan fingerprint density at radius 2 is 1.27 bits per heavy atom. The minimum atomic E-state index is -0.359. The van der Waals surface area contributed by atoms with Crippen molar-refractivity contribution in [2.24, 2.45) is 0 Å². The van der Waals surface area contributed by atoms with Crippen molar-refractivity contribution in [1.82, 2.24) is 4.90 Å². The molecular formula is C37H41NO7. The summed E-state index contributed by atoms with van der Waals surface area (Å²) >= 11 is 0. The molecule has 0 saturated heterocycles. The molecule has 0 unspecified atom stereocenters. The Bertz CT molecular complexity index is 1480. The number of para-hydroxylation sites is 1. The first-order valence-corrected chi connectivity index (χ1v) is 15.2. The molecule has 0 aliphatic rings. The van der Waals surface area contributed by atoms with E-state index < -0.39 is 0 Å². The summed E-state index contributed by atoms with van der Waals surface area (Å²) in [6.07, 6.45) is 0.772. The second kappa shape index (κ2) is 17.5. The number of carbonyl (C=O) groups excluding carboxylic acids is 2. The molecule has 45 heavy (non-hydrogen) atoms. The molecule has 0 heterocycles. The van der Waals surface area contributed by atoms with Gasteiger partial charge in [0.25, 0.3) is 0 Å². The molecule has 0 amide bonds. The van der Waals surface area contributed by atoms with Crippen molar-refractivity contribution in [3.63, 3.8) is 0 Å². The van der Waals surface area contributed by atoms with E-state index in [2.05, 4.69) is 11.0 Å². The zero-order chi connectivity index (χ0) is 31.9. The highest BCUT2D eigenvalue weighted by molar-refractivity contribution is 5.89. The molecule has 4 aromatic rings. The first-order valence-electron chi connectivity index (χ1n) is 15.2. The summed E-state index contributed by atoms with van der Waals surface area (Å²) in [7, 11) is 1.38. The van der Waals surface area contributed by atoms with Crippen LogP contribution >= 0.6 is 0 Å². The Morgan fingerprint density at radius 1 is 0.644 bits per heavy atom. The van der Waals surface area contributed by atoms with Crippen LogP contribution in [0.4, 0.5) is 0 Å². The third-order valence-corrected chi connectivity index (χ3v) is 7.12. The molecule has 0 aliphatic carbocycles. The first-order chi connectivity index (χ1) is 22.0. The number of benzene rings is 4. The molecule has 8 nitrogen and oxygen atoms in total.